The van der Waals surface area contributed by atoms with Crippen molar-refractivity contribution in [2.24, 2.45) is 0 Å². The first-order valence-electron chi connectivity index (χ1n) is 9.78. The zero-order valence-corrected chi connectivity index (χ0v) is 17.5. The van der Waals surface area contributed by atoms with E-state index in [1.165, 1.54) is 17.7 Å². The Hall–Kier alpha value is -4.05. The van der Waals surface area contributed by atoms with Crippen LogP contribution in [0.3, 0.4) is 0 Å². The molecule has 0 saturated carbocycles. The van der Waals surface area contributed by atoms with E-state index in [2.05, 4.69) is 25.6 Å². The number of amides is 2. The Morgan fingerprint density at radius 3 is 2.94 bits per heavy atom. The fourth-order valence-corrected chi connectivity index (χ4v) is 4.14. The standard InChI is InChI=1S/C22H17N5O4S/c28-15-6-14-5-12(1-2-17(14)31-9-15)7-24-22(30)20-19-18(25-11-26-20)16(8-23-19)27-21(29)13-3-4-32-10-13/h1-5,8,10-11,23H,6-7,9H2,(H,24,30)(H,27,29). The van der Waals surface area contributed by atoms with Crippen LogP contribution >= 0.6 is 11.3 Å². The number of hydrogen-bond donors (Lipinski definition) is 3. The highest BCUT2D eigenvalue weighted by Crippen LogP contribution is 2.25. The molecular weight excluding hydrogens is 430 g/mol. The van der Waals surface area contributed by atoms with Crippen LogP contribution in [-0.2, 0) is 17.8 Å². The Kier molecular flexibility index (Phi) is 5.12. The second-order valence-electron chi connectivity index (χ2n) is 7.24. The number of carbonyl (C=O) groups is 3. The van der Waals surface area contributed by atoms with E-state index in [-0.39, 0.29) is 36.4 Å². The number of aromatic nitrogens is 3. The van der Waals surface area contributed by atoms with Crippen LogP contribution in [0.5, 0.6) is 5.75 Å². The van der Waals surface area contributed by atoms with Crippen molar-refractivity contribution in [1.82, 2.24) is 20.3 Å². The molecule has 0 fully saturated rings. The fraction of sp³-hybridized carbons (Fsp3) is 0.136. The molecule has 9 nitrogen and oxygen atoms in total. The zero-order valence-electron chi connectivity index (χ0n) is 16.7. The molecule has 2 amide bonds. The number of benzene rings is 1. The van der Waals surface area contributed by atoms with Gasteiger partial charge in [0.25, 0.3) is 11.8 Å². The highest BCUT2D eigenvalue weighted by molar-refractivity contribution is 7.08. The second kappa shape index (κ2) is 8.23. The number of Topliss-reactive ketones (excluding diaryl/α,β-unsaturated/α-hetero) is 1. The minimum absolute atomic E-state index is 0.0238. The van der Waals surface area contributed by atoms with Gasteiger partial charge >= 0.3 is 0 Å². The van der Waals surface area contributed by atoms with Crippen LogP contribution in [0.1, 0.15) is 32.0 Å². The van der Waals surface area contributed by atoms with Crippen molar-refractivity contribution in [1.29, 1.82) is 0 Å². The van der Waals surface area contributed by atoms with Crippen molar-refractivity contribution in [2.45, 2.75) is 13.0 Å². The molecule has 5 rings (SSSR count). The molecule has 0 saturated heterocycles. The highest BCUT2D eigenvalue weighted by Gasteiger charge is 2.19. The molecule has 3 N–H and O–H groups in total. The summed E-state index contributed by atoms with van der Waals surface area (Å²) in [5.41, 5.74) is 3.71. The monoisotopic (exact) mass is 447 g/mol. The molecule has 0 radical (unpaired) electrons. The lowest BCUT2D eigenvalue weighted by atomic mass is 10.0. The van der Waals surface area contributed by atoms with Crippen LogP contribution in [0.15, 0.2) is 47.5 Å². The molecule has 1 aliphatic heterocycles. The molecule has 0 atom stereocenters. The third kappa shape index (κ3) is 3.83. The second-order valence-corrected chi connectivity index (χ2v) is 8.02. The number of ketones is 1. The van der Waals surface area contributed by atoms with Crippen molar-refractivity contribution < 1.29 is 19.1 Å². The summed E-state index contributed by atoms with van der Waals surface area (Å²) < 4.78 is 5.40. The average Bonchev–Trinajstić information content (AvgIpc) is 3.48. The van der Waals surface area contributed by atoms with Crippen LogP contribution < -0.4 is 15.4 Å². The van der Waals surface area contributed by atoms with Gasteiger partial charge in [0, 0.05) is 30.1 Å². The van der Waals surface area contributed by atoms with Gasteiger partial charge in [-0.15, -0.1) is 0 Å². The number of ether oxygens (including phenoxy) is 1. The summed E-state index contributed by atoms with van der Waals surface area (Å²) in [4.78, 5) is 48.1. The number of anilines is 1. The van der Waals surface area contributed by atoms with E-state index < -0.39 is 0 Å². The van der Waals surface area contributed by atoms with Crippen LogP contribution in [0, 0.1) is 0 Å². The van der Waals surface area contributed by atoms with Crippen LogP contribution in [0.2, 0.25) is 0 Å². The topological polar surface area (TPSA) is 126 Å². The van der Waals surface area contributed by atoms with Crippen molar-refractivity contribution in [3.63, 3.8) is 0 Å². The molecule has 1 aromatic carbocycles. The number of hydrogen-bond acceptors (Lipinski definition) is 7. The number of nitrogens with one attached hydrogen (secondary N) is 3. The average molecular weight is 447 g/mol. The number of carbonyl (C=O) groups excluding carboxylic acids is 3. The summed E-state index contributed by atoms with van der Waals surface area (Å²) in [5.74, 6) is 0.0722. The lowest BCUT2D eigenvalue weighted by molar-refractivity contribution is -0.121. The first kappa shape index (κ1) is 19.9. The van der Waals surface area contributed by atoms with E-state index in [9.17, 15) is 14.4 Å². The largest absolute Gasteiger partial charge is 0.486 e. The molecule has 1 aliphatic rings. The number of nitrogens with zero attached hydrogens (tertiary/aromatic N) is 2. The summed E-state index contributed by atoms with van der Waals surface area (Å²) >= 11 is 1.43. The van der Waals surface area contributed by atoms with Crippen molar-refractivity contribution in [2.75, 3.05) is 11.9 Å². The molecule has 4 aromatic rings. The third-order valence-electron chi connectivity index (χ3n) is 5.06. The lowest BCUT2D eigenvalue weighted by Crippen LogP contribution is -2.25. The van der Waals surface area contributed by atoms with E-state index in [1.807, 2.05) is 17.5 Å². The van der Waals surface area contributed by atoms with Gasteiger partial charge in [0.15, 0.2) is 11.5 Å². The van der Waals surface area contributed by atoms with E-state index >= 15 is 0 Å². The number of fused-ring (bicyclic) bond motifs is 2. The normalized spacial score (nSPS) is 12.8. The molecule has 10 heteroatoms. The van der Waals surface area contributed by atoms with E-state index in [4.69, 9.17) is 4.74 Å². The van der Waals surface area contributed by atoms with Crippen molar-refractivity contribution in [3.05, 3.63) is 69.9 Å². The van der Waals surface area contributed by atoms with Gasteiger partial charge in [0.05, 0.1) is 16.8 Å². The fourth-order valence-electron chi connectivity index (χ4n) is 3.50. The Balaban J connectivity index is 1.32. The summed E-state index contributed by atoms with van der Waals surface area (Å²) in [6.07, 6.45) is 3.19. The minimum atomic E-state index is -0.389. The van der Waals surface area contributed by atoms with E-state index in [1.54, 1.807) is 23.7 Å². The molecule has 160 valence electrons. The maximum absolute atomic E-state index is 12.8. The van der Waals surface area contributed by atoms with Gasteiger partial charge in [-0.2, -0.15) is 11.3 Å². The maximum atomic E-state index is 12.8. The summed E-state index contributed by atoms with van der Waals surface area (Å²) in [7, 11) is 0. The third-order valence-corrected chi connectivity index (χ3v) is 5.75. The number of aromatic amines is 1. The first-order chi connectivity index (χ1) is 15.6. The van der Waals surface area contributed by atoms with E-state index in [0.29, 0.717) is 34.5 Å². The van der Waals surface area contributed by atoms with Gasteiger partial charge in [-0.1, -0.05) is 6.07 Å². The molecule has 0 bridgehead atoms. The Labute approximate surface area is 185 Å². The number of thiophene rings is 1. The first-order valence-corrected chi connectivity index (χ1v) is 10.7. The van der Waals surface area contributed by atoms with Crippen molar-refractivity contribution >= 4 is 45.7 Å². The van der Waals surface area contributed by atoms with Gasteiger partial charge < -0.3 is 20.4 Å². The highest BCUT2D eigenvalue weighted by atomic mass is 32.1. The van der Waals surface area contributed by atoms with Crippen LogP contribution in [-0.4, -0.2) is 39.2 Å². The van der Waals surface area contributed by atoms with Gasteiger partial charge in [-0.3, -0.25) is 14.4 Å². The molecule has 3 aromatic heterocycles. The molecule has 0 spiro atoms. The van der Waals surface area contributed by atoms with Gasteiger partial charge in [0.2, 0.25) is 0 Å². The number of H-pyrrole nitrogens is 1. The Bertz CT molecular complexity index is 1350. The van der Waals surface area contributed by atoms with Gasteiger partial charge in [-0.25, -0.2) is 9.97 Å². The molecule has 4 heterocycles. The molecule has 0 unspecified atom stereocenters. The minimum Gasteiger partial charge on any atom is -0.486 e. The smallest absolute Gasteiger partial charge is 0.272 e. The molecule has 32 heavy (non-hydrogen) atoms. The zero-order chi connectivity index (χ0) is 22.1. The number of rotatable bonds is 5. The van der Waals surface area contributed by atoms with Crippen molar-refractivity contribution in [3.8, 4) is 5.75 Å². The Morgan fingerprint density at radius 2 is 2.09 bits per heavy atom. The predicted molar refractivity (Wildman–Crippen MR) is 118 cm³/mol. The summed E-state index contributed by atoms with van der Waals surface area (Å²) in [6.45, 7) is 0.354. The lowest BCUT2D eigenvalue weighted by Gasteiger charge is -2.17. The quantitative estimate of drug-likeness (QED) is 0.432. The maximum Gasteiger partial charge on any atom is 0.272 e. The summed E-state index contributed by atoms with van der Waals surface area (Å²) in [6, 6.07) is 7.23. The Morgan fingerprint density at radius 1 is 1.19 bits per heavy atom. The SMILES string of the molecule is O=C1COc2ccc(CNC(=O)c3ncnc4c(NC(=O)c5ccsc5)c[nH]c34)cc2C1. The van der Waals surface area contributed by atoms with Gasteiger partial charge in [-0.05, 0) is 29.1 Å². The van der Waals surface area contributed by atoms with E-state index in [0.717, 1.165) is 11.1 Å². The summed E-state index contributed by atoms with van der Waals surface area (Å²) in [5, 5.41) is 9.21. The van der Waals surface area contributed by atoms with Crippen LogP contribution in [0.25, 0.3) is 11.0 Å². The molecule has 0 aliphatic carbocycles. The molecular formula is C22H17N5O4S. The van der Waals surface area contributed by atoms with Crippen LogP contribution in [0.4, 0.5) is 5.69 Å². The predicted octanol–water partition coefficient (Wildman–Crippen LogP) is 2.71. The van der Waals surface area contributed by atoms with Gasteiger partial charge in [0.1, 0.15) is 24.2 Å².